The van der Waals surface area contributed by atoms with Crippen LogP contribution in [0.25, 0.3) is 10.9 Å². The maximum absolute atomic E-state index is 13.4. The quantitative estimate of drug-likeness (QED) is 0.690. The summed E-state index contributed by atoms with van der Waals surface area (Å²) in [6.07, 6.45) is 6.55. The van der Waals surface area contributed by atoms with E-state index < -0.39 is 0 Å². The number of aryl methyl sites for hydroxylation is 1. The van der Waals surface area contributed by atoms with E-state index in [0.717, 1.165) is 49.0 Å². The molecule has 3 aromatic rings. The predicted octanol–water partition coefficient (Wildman–Crippen LogP) is 3.54. The van der Waals surface area contributed by atoms with Gasteiger partial charge in [-0.3, -0.25) is 14.3 Å². The molecule has 0 spiro atoms. The molecule has 28 heavy (non-hydrogen) atoms. The molecular weight excluding hydrogens is 354 g/mol. The number of hydrogen-bond acceptors (Lipinski definition) is 6. The number of hydrogen-bond donors (Lipinski definition) is 0. The lowest BCUT2D eigenvalue weighted by Crippen LogP contribution is -2.34. The zero-order valence-corrected chi connectivity index (χ0v) is 16.2. The van der Waals surface area contributed by atoms with Gasteiger partial charge in [0.2, 0.25) is 5.89 Å². The highest BCUT2D eigenvalue weighted by Gasteiger charge is 2.33. The van der Waals surface area contributed by atoms with E-state index >= 15 is 0 Å². The number of likely N-dealkylation sites (tertiary alicyclic amines) is 1. The molecule has 1 saturated carbocycles. The van der Waals surface area contributed by atoms with Gasteiger partial charge in [-0.2, -0.15) is 4.98 Å². The topological polar surface area (TPSA) is 77.1 Å². The van der Waals surface area contributed by atoms with Gasteiger partial charge in [0.1, 0.15) is 5.82 Å². The zero-order chi connectivity index (χ0) is 19.1. The van der Waals surface area contributed by atoms with Gasteiger partial charge in [-0.05, 0) is 44.4 Å². The summed E-state index contributed by atoms with van der Waals surface area (Å²) in [6.45, 7) is 3.38. The van der Waals surface area contributed by atoms with E-state index in [1.165, 1.54) is 12.8 Å². The van der Waals surface area contributed by atoms with Crippen molar-refractivity contribution in [2.45, 2.75) is 64.1 Å². The first kappa shape index (κ1) is 17.6. The molecule has 1 aromatic carbocycles. The van der Waals surface area contributed by atoms with Crippen molar-refractivity contribution in [3.05, 3.63) is 52.2 Å². The fraction of sp³-hybridized carbons (Fsp3) is 0.524. The molecule has 0 N–H and O–H groups in total. The van der Waals surface area contributed by atoms with Crippen molar-refractivity contribution < 1.29 is 4.52 Å². The molecule has 2 fully saturated rings. The summed E-state index contributed by atoms with van der Waals surface area (Å²) in [7, 11) is 0. The number of para-hydroxylation sites is 1. The van der Waals surface area contributed by atoms with Gasteiger partial charge in [-0.25, -0.2) is 4.98 Å². The Balaban J connectivity index is 1.60. The highest BCUT2D eigenvalue weighted by Crippen LogP contribution is 2.36. The van der Waals surface area contributed by atoms with Crippen LogP contribution < -0.4 is 5.56 Å². The molecule has 146 valence electrons. The average Bonchev–Trinajstić information content (AvgIpc) is 3.45. The summed E-state index contributed by atoms with van der Waals surface area (Å²) in [5.41, 5.74) is 0.897. The van der Waals surface area contributed by atoms with Gasteiger partial charge >= 0.3 is 0 Å². The Labute approximate surface area is 163 Å². The van der Waals surface area contributed by atoms with E-state index in [9.17, 15) is 4.79 Å². The minimum atomic E-state index is 0.106. The van der Waals surface area contributed by atoms with Crippen LogP contribution in [0.15, 0.2) is 33.6 Å². The fourth-order valence-electron chi connectivity index (χ4n) is 4.81. The van der Waals surface area contributed by atoms with Crippen LogP contribution in [0.4, 0.5) is 0 Å². The molecule has 7 nitrogen and oxygen atoms in total. The minimum absolute atomic E-state index is 0.106. The van der Waals surface area contributed by atoms with Crippen molar-refractivity contribution in [2.75, 3.05) is 6.54 Å². The molecule has 1 atom stereocenters. The minimum Gasteiger partial charge on any atom is -0.340 e. The first-order chi connectivity index (χ1) is 13.7. The van der Waals surface area contributed by atoms with Crippen molar-refractivity contribution in [1.82, 2.24) is 24.6 Å². The van der Waals surface area contributed by atoms with E-state index in [4.69, 9.17) is 9.51 Å². The Morgan fingerprint density at radius 3 is 2.71 bits per heavy atom. The van der Waals surface area contributed by atoms with E-state index in [0.29, 0.717) is 18.3 Å². The third-order valence-corrected chi connectivity index (χ3v) is 6.10. The summed E-state index contributed by atoms with van der Waals surface area (Å²) in [6, 6.07) is 8.08. The summed E-state index contributed by atoms with van der Waals surface area (Å²) in [4.78, 5) is 25.1. The van der Waals surface area contributed by atoms with E-state index in [-0.39, 0.29) is 17.6 Å². The first-order valence-corrected chi connectivity index (χ1v) is 10.2. The normalized spacial score (nSPS) is 21.1. The van der Waals surface area contributed by atoms with Gasteiger partial charge in [-0.1, -0.05) is 30.1 Å². The molecule has 3 heterocycles. The van der Waals surface area contributed by atoms with Crippen molar-refractivity contribution in [2.24, 2.45) is 0 Å². The Hall–Kier alpha value is -2.54. The number of benzene rings is 1. The van der Waals surface area contributed by atoms with E-state index in [1.807, 2.05) is 28.8 Å². The molecule has 1 unspecified atom stereocenters. The monoisotopic (exact) mass is 379 g/mol. The van der Waals surface area contributed by atoms with Crippen LogP contribution in [0, 0.1) is 6.92 Å². The number of rotatable bonds is 4. The smallest absolute Gasteiger partial charge is 0.261 e. The average molecular weight is 379 g/mol. The van der Waals surface area contributed by atoms with Crippen LogP contribution in [-0.4, -0.2) is 31.1 Å². The molecule has 1 saturated heterocycles. The molecule has 5 rings (SSSR count). The number of aromatic nitrogens is 4. The maximum Gasteiger partial charge on any atom is 0.261 e. The predicted molar refractivity (Wildman–Crippen MR) is 105 cm³/mol. The summed E-state index contributed by atoms with van der Waals surface area (Å²) in [5, 5.41) is 4.78. The standard InChI is InChI=1S/C21H25N5O2/c1-14-22-19(24-28-14)13-25-12-6-11-18(25)20-23-17-10-5-4-9-16(17)21(27)26(20)15-7-2-3-8-15/h4-5,9-10,15,18H,2-3,6-8,11-13H2,1H3. The lowest BCUT2D eigenvalue weighted by Gasteiger charge is -2.27. The lowest BCUT2D eigenvalue weighted by atomic mass is 10.1. The highest BCUT2D eigenvalue weighted by atomic mass is 16.5. The molecule has 1 aliphatic carbocycles. The Morgan fingerprint density at radius 2 is 1.93 bits per heavy atom. The highest BCUT2D eigenvalue weighted by molar-refractivity contribution is 5.77. The number of nitrogens with zero attached hydrogens (tertiary/aromatic N) is 5. The largest absolute Gasteiger partial charge is 0.340 e. The van der Waals surface area contributed by atoms with Crippen LogP contribution in [0.3, 0.4) is 0 Å². The lowest BCUT2D eigenvalue weighted by molar-refractivity contribution is 0.220. The molecule has 2 aromatic heterocycles. The molecule has 7 heteroatoms. The third kappa shape index (κ3) is 3.03. The van der Waals surface area contributed by atoms with Crippen molar-refractivity contribution in [3.63, 3.8) is 0 Å². The maximum atomic E-state index is 13.4. The summed E-state index contributed by atoms with van der Waals surface area (Å²) >= 11 is 0. The van der Waals surface area contributed by atoms with Crippen LogP contribution in [0.2, 0.25) is 0 Å². The van der Waals surface area contributed by atoms with E-state index in [2.05, 4.69) is 15.0 Å². The third-order valence-electron chi connectivity index (χ3n) is 6.10. The zero-order valence-electron chi connectivity index (χ0n) is 16.2. The molecule has 0 amide bonds. The van der Waals surface area contributed by atoms with Gasteiger partial charge in [0.15, 0.2) is 5.82 Å². The second-order valence-electron chi connectivity index (χ2n) is 7.96. The van der Waals surface area contributed by atoms with Crippen molar-refractivity contribution in [3.8, 4) is 0 Å². The second-order valence-corrected chi connectivity index (χ2v) is 7.96. The Bertz CT molecular complexity index is 1050. The van der Waals surface area contributed by atoms with Crippen LogP contribution >= 0.6 is 0 Å². The summed E-state index contributed by atoms with van der Waals surface area (Å²) < 4.78 is 7.15. The SMILES string of the molecule is Cc1nc(CN2CCCC2c2nc3ccccc3c(=O)n2C2CCCC2)no1. The molecular formula is C21H25N5O2. The van der Waals surface area contributed by atoms with Gasteiger partial charge in [0.25, 0.3) is 5.56 Å². The van der Waals surface area contributed by atoms with Crippen LogP contribution in [-0.2, 0) is 6.54 Å². The molecule has 1 aliphatic heterocycles. The van der Waals surface area contributed by atoms with Crippen LogP contribution in [0.5, 0.6) is 0 Å². The van der Waals surface area contributed by atoms with E-state index in [1.54, 1.807) is 6.92 Å². The van der Waals surface area contributed by atoms with Crippen LogP contribution in [0.1, 0.15) is 68.1 Å². The molecule has 2 aliphatic rings. The summed E-state index contributed by atoms with van der Waals surface area (Å²) in [5.74, 6) is 2.19. The van der Waals surface area contributed by atoms with Gasteiger partial charge in [-0.15, -0.1) is 0 Å². The van der Waals surface area contributed by atoms with Crippen molar-refractivity contribution in [1.29, 1.82) is 0 Å². The van der Waals surface area contributed by atoms with Crippen molar-refractivity contribution >= 4 is 10.9 Å². The van der Waals surface area contributed by atoms with Gasteiger partial charge in [0, 0.05) is 13.0 Å². The Kier molecular flexibility index (Phi) is 4.47. The molecule has 0 bridgehead atoms. The molecule has 0 radical (unpaired) electrons. The van der Waals surface area contributed by atoms with Gasteiger partial charge in [0.05, 0.1) is 23.5 Å². The Morgan fingerprint density at radius 1 is 1.11 bits per heavy atom. The fourth-order valence-corrected chi connectivity index (χ4v) is 4.81. The second kappa shape index (κ2) is 7.13. The van der Waals surface area contributed by atoms with Gasteiger partial charge < -0.3 is 4.52 Å². The first-order valence-electron chi connectivity index (χ1n) is 10.2. The number of fused-ring (bicyclic) bond motifs is 1.